The van der Waals surface area contributed by atoms with E-state index in [1.165, 1.54) is 31.5 Å². The molecular weight excluding hydrogens is 336 g/mol. The Labute approximate surface area is 162 Å². The van der Waals surface area contributed by atoms with E-state index in [2.05, 4.69) is 34.5 Å². The number of hydrogen-bond donors (Lipinski definition) is 1. The van der Waals surface area contributed by atoms with E-state index in [1.54, 1.807) is 6.92 Å². The molecule has 0 aromatic heterocycles. The van der Waals surface area contributed by atoms with Gasteiger partial charge in [0.05, 0.1) is 0 Å². The van der Waals surface area contributed by atoms with Crippen molar-refractivity contribution in [2.45, 2.75) is 52.8 Å². The largest absolute Gasteiger partial charge is 0.481 e. The van der Waals surface area contributed by atoms with E-state index in [1.807, 2.05) is 32.0 Å². The zero-order valence-corrected chi connectivity index (χ0v) is 16.6. The van der Waals surface area contributed by atoms with Crippen LogP contribution in [0.1, 0.15) is 42.0 Å². The summed E-state index contributed by atoms with van der Waals surface area (Å²) in [5, 5.41) is 3.00. The van der Waals surface area contributed by atoms with Crippen LogP contribution < -0.4 is 10.1 Å². The van der Waals surface area contributed by atoms with Crippen LogP contribution in [0.5, 0.6) is 5.75 Å². The first-order valence-corrected chi connectivity index (χ1v) is 9.83. The van der Waals surface area contributed by atoms with Crippen molar-refractivity contribution in [3.05, 3.63) is 64.7 Å². The predicted octanol–water partition coefficient (Wildman–Crippen LogP) is 3.98. The van der Waals surface area contributed by atoms with Gasteiger partial charge in [-0.1, -0.05) is 36.4 Å². The minimum absolute atomic E-state index is 0.0964. The molecule has 4 nitrogen and oxygen atoms in total. The minimum atomic E-state index is -0.529. The van der Waals surface area contributed by atoms with Crippen LogP contribution in [0.4, 0.5) is 0 Å². The van der Waals surface area contributed by atoms with Gasteiger partial charge in [0.2, 0.25) is 0 Å². The molecule has 2 aromatic carbocycles. The Hall–Kier alpha value is -2.33. The van der Waals surface area contributed by atoms with Crippen molar-refractivity contribution >= 4 is 5.91 Å². The highest BCUT2D eigenvalue weighted by atomic mass is 16.5. The van der Waals surface area contributed by atoms with Gasteiger partial charge in [0.1, 0.15) is 5.75 Å². The maximum atomic E-state index is 12.4. The highest BCUT2D eigenvalue weighted by molar-refractivity contribution is 5.80. The number of hydrogen-bond acceptors (Lipinski definition) is 3. The van der Waals surface area contributed by atoms with Gasteiger partial charge >= 0.3 is 0 Å². The van der Waals surface area contributed by atoms with Crippen LogP contribution in [0.3, 0.4) is 0 Å². The Morgan fingerprint density at radius 2 is 1.81 bits per heavy atom. The van der Waals surface area contributed by atoms with Crippen molar-refractivity contribution in [3.63, 3.8) is 0 Å². The maximum absolute atomic E-state index is 12.4. The summed E-state index contributed by atoms with van der Waals surface area (Å²) in [6.07, 6.45) is 2.07. The molecule has 27 heavy (non-hydrogen) atoms. The lowest BCUT2D eigenvalue weighted by atomic mass is 10.1. The van der Waals surface area contributed by atoms with Crippen LogP contribution in [0.15, 0.2) is 42.5 Å². The first kappa shape index (κ1) is 19.4. The van der Waals surface area contributed by atoms with Crippen molar-refractivity contribution in [1.29, 1.82) is 0 Å². The molecule has 1 N–H and O–H groups in total. The van der Waals surface area contributed by atoms with Crippen LogP contribution >= 0.6 is 0 Å². The third-order valence-electron chi connectivity index (χ3n) is 5.29. The van der Waals surface area contributed by atoms with Crippen LogP contribution in [0, 0.1) is 13.8 Å². The summed E-state index contributed by atoms with van der Waals surface area (Å²) < 4.78 is 5.87. The zero-order valence-electron chi connectivity index (χ0n) is 16.6. The van der Waals surface area contributed by atoms with Crippen molar-refractivity contribution in [2.24, 2.45) is 0 Å². The second-order valence-corrected chi connectivity index (χ2v) is 7.48. The van der Waals surface area contributed by atoms with E-state index in [-0.39, 0.29) is 5.91 Å². The van der Waals surface area contributed by atoms with Crippen molar-refractivity contribution < 1.29 is 9.53 Å². The Morgan fingerprint density at radius 1 is 1.11 bits per heavy atom. The predicted molar refractivity (Wildman–Crippen MR) is 109 cm³/mol. The number of benzene rings is 2. The van der Waals surface area contributed by atoms with Crippen LogP contribution in [0.25, 0.3) is 0 Å². The molecule has 1 amide bonds. The minimum Gasteiger partial charge on any atom is -0.481 e. The lowest BCUT2D eigenvalue weighted by Crippen LogP contribution is -2.36. The Morgan fingerprint density at radius 3 is 2.59 bits per heavy atom. The molecule has 144 valence electrons. The first-order chi connectivity index (χ1) is 13.0. The monoisotopic (exact) mass is 366 g/mol. The van der Waals surface area contributed by atoms with Crippen LogP contribution in [-0.2, 0) is 17.9 Å². The molecule has 1 saturated heterocycles. The topological polar surface area (TPSA) is 41.6 Å². The van der Waals surface area contributed by atoms with Gasteiger partial charge in [-0.05, 0) is 75.0 Å². The summed E-state index contributed by atoms with van der Waals surface area (Å²) in [6.45, 7) is 9.74. The van der Waals surface area contributed by atoms with Gasteiger partial charge in [-0.3, -0.25) is 9.69 Å². The number of rotatable bonds is 7. The highest BCUT2D eigenvalue weighted by Gasteiger charge is 2.16. The lowest BCUT2D eigenvalue weighted by molar-refractivity contribution is -0.127. The van der Waals surface area contributed by atoms with Crippen LogP contribution in [-0.4, -0.2) is 30.0 Å². The second-order valence-electron chi connectivity index (χ2n) is 7.48. The Kier molecular flexibility index (Phi) is 6.51. The molecule has 0 aliphatic carbocycles. The SMILES string of the molecule is Cc1cccc(O[C@H](C)C(=O)NCc2cccc(CN3CCCC3)c2)c1C. The van der Waals surface area contributed by atoms with E-state index in [4.69, 9.17) is 4.74 Å². The smallest absolute Gasteiger partial charge is 0.261 e. The van der Waals surface area contributed by atoms with E-state index in [9.17, 15) is 4.79 Å². The lowest BCUT2D eigenvalue weighted by Gasteiger charge is -2.18. The summed E-state index contributed by atoms with van der Waals surface area (Å²) in [7, 11) is 0. The Bertz CT molecular complexity index is 782. The van der Waals surface area contributed by atoms with Crippen LogP contribution in [0.2, 0.25) is 0 Å². The molecule has 1 fully saturated rings. The summed E-state index contributed by atoms with van der Waals surface area (Å²) in [5.74, 6) is 0.672. The number of nitrogens with zero attached hydrogens (tertiary/aromatic N) is 1. The van der Waals surface area contributed by atoms with Gasteiger partial charge in [-0.15, -0.1) is 0 Å². The quantitative estimate of drug-likeness (QED) is 0.806. The number of aryl methyl sites for hydroxylation is 1. The molecule has 0 radical (unpaired) electrons. The molecule has 3 rings (SSSR count). The van der Waals surface area contributed by atoms with E-state index in [0.717, 1.165) is 29.0 Å². The number of nitrogens with one attached hydrogen (secondary N) is 1. The molecule has 0 saturated carbocycles. The second kappa shape index (κ2) is 9.05. The molecule has 1 aliphatic rings. The van der Waals surface area contributed by atoms with Crippen molar-refractivity contribution in [3.8, 4) is 5.75 Å². The fourth-order valence-corrected chi connectivity index (χ4v) is 3.47. The zero-order chi connectivity index (χ0) is 19.2. The van der Waals surface area contributed by atoms with Gasteiger partial charge in [-0.2, -0.15) is 0 Å². The van der Waals surface area contributed by atoms with Crippen molar-refractivity contribution in [2.75, 3.05) is 13.1 Å². The molecular formula is C23H30N2O2. The molecule has 1 heterocycles. The van der Waals surface area contributed by atoms with Gasteiger partial charge in [-0.25, -0.2) is 0 Å². The van der Waals surface area contributed by atoms with E-state index >= 15 is 0 Å². The third-order valence-corrected chi connectivity index (χ3v) is 5.29. The fraction of sp³-hybridized carbons (Fsp3) is 0.435. The molecule has 2 aromatic rings. The number of carbonyl (C=O) groups is 1. The van der Waals surface area contributed by atoms with Crippen molar-refractivity contribution in [1.82, 2.24) is 10.2 Å². The van der Waals surface area contributed by atoms with Gasteiger partial charge in [0.15, 0.2) is 6.10 Å². The normalized spacial score (nSPS) is 15.5. The van der Waals surface area contributed by atoms with E-state index in [0.29, 0.717) is 6.54 Å². The standard InChI is InChI=1S/C23H30N2O2/c1-17-8-6-11-22(18(17)2)27-19(3)23(26)24-15-20-9-7-10-21(14-20)16-25-12-4-5-13-25/h6-11,14,19H,4-5,12-13,15-16H2,1-3H3,(H,24,26)/t19-/m1/s1. The summed E-state index contributed by atoms with van der Waals surface area (Å²) >= 11 is 0. The molecule has 0 unspecified atom stereocenters. The molecule has 4 heteroatoms. The van der Waals surface area contributed by atoms with Gasteiger partial charge in [0, 0.05) is 13.1 Å². The maximum Gasteiger partial charge on any atom is 0.261 e. The summed E-state index contributed by atoms with van der Waals surface area (Å²) in [5.41, 5.74) is 4.67. The molecule has 1 atom stereocenters. The molecule has 0 spiro atoms. The summed E-state index contributed by atoms with van der Waals surface area (Å²) in [6, 6.07) is 14.4. The number of carbonyl (C=O) groups excluding carboxylic acids is 1. The third kappa shape index (κ3) is 5.33. The number of likely N-dealkylation sites (tertiary alicyclic amines) is 1. The average molecular weight is 367 g/mol. The first-order valence-electron chi connectivity index (χ1n) is 9.83. The fourth-order valence-electron chi connectivity index (χ4n) is 3.47. The van der Waals surface area contributed by atoms with E-state index < -0.39 is 6.10 Å². The molecule has 1 aliphatic heterocycles. The summed E-state index contributed by atoms with van der Waals surface area (Å²) in [4.78, 5) is 14.9. The number of ether oxygens (including phenoxy) is 1. The molecule has 0 bridgehead atoms. The highest BCUT2D eigenvalue weighted by Crippen LogP contribution is 2.21. The Balaban J connectivity index is 1.53. The van der Waals surface area contributed by atoms with Gasteiger partial charge in [0.25, 0.3) is 5.91 Å². The van der Waals surface area contributed by atoms with Gasteiger partial charge < -0.3 is 10.1 Å². The average Bonchev–Trinajstić information content (AvgIpc) is 3.16. The number of amides is 1.